The predicted octanol–water partition coefficient (Wildman–Crippen LogP) is 3.15. The third kappa shape index (κ3) is 5.76. The fourth-order valence-electron chi connectivity index (χ4n) is 4.55. The van der Waals surface area contributed by atoms with Crippen LogP contribution in [0.4, 0.5) is 13.6 Å². The van der Waals surface area contributed by atoms with Crippen molar-refractivity contribution < 1.29 is 37.7 Å². The van der Waals surface area contributed by atoms with Crippen molar-refractivity contribution in [2.24, 2.45) is 5.92 Å². The maximum absolute atomic E-state index is 13.1. The molecule has 3 N–H and O–H groups in total. The molecule has 1 fully saturated rings. The number of nitrogens with one attached hydrogen (secondary N) is 2. The zero-order valence-electron chi connectivity index (χ0n) is 18.8. The van der Waals surface area contributed by atoms with Crippen LogP contribution in [-0.4, -0.2) is 61.4 Å². The van der Waals surface area contributed by atoms with Crippen LogP contribution < -0.4 is 10.6 Å². The summed E-state index contributed by atoms with van der Waals surface area (Å²) < 4.78 is 36.8. The number of ether oxygens (including phenoxy) is 2. The average molecular weight is 488 g/mol. The van der Waals surface area contributed by atoms with Crippen LogP contribution in [0.3, 0.4) is 0 Å². The van der Waals surface area contributed by atoms with Crippen LogP contribution in [0.1, 0.15) is 29.9 Å². The molecule has 2 aromatic rings. The number of alkyl carbamates (subject to hydrolysis) is 1. The summed E-state index contributed by atoms with van der Waals surface area (Å²) in [4.78, 5) is 36.0. The smallest absolute Gasteiger partial charge is 0.407 e. The van der Waals surface area contributed by atoms with Gasteiger partial charge in [-0.25, -0.2) is 13.6 Å². The molecule has 1 saturated heterocycles. The summed E-state index contributed by atoms with van der Waals surface area (Å²) in [6, 6.07) is 14.0. The van der Waals surface area contributed by atoms with E-state index in [1.54, 1.807) is 0 Å². The maximum atomic E-state index is 13.1. The highest BCUT2D eigenvalue weighted by Gasteiger charge is 2.33. The van der Waals surface area contributed by atoms with Crippen molar-refractivity contribution in [1.29, 1.82) is 0 Å². The van der Waals surface area contributed by atoms with Crippen molar-refractivity contribution in [3.8, 4) is 11.1 Å². The van der Waals surface area contributed by atoms with E-state index in [2.05, 4.69) is 10.6 Å². The predicted molar refractivity (Wildman–Crippen MR) is 121 cm³/mol. The van der Waals surface area contributed by atoms with E-state index in [1.165, 1.54) is 0 Å². The number of carbonyl (C=O) groups excluding carboxylic acids is 2. The number of aliphatic carboxylic acids is 1. The van der Waals surface area contributed by atoms with Crippen LogP contribution in [0.2, 0.25) is 0 Å². The maximum Gasteiger partial charge on any atom is 0.407 e. The molecule has 2 amide bonds. The van der Waals surface area contributed by atoms with E-state index in [4.69, 9.17) is 14.6 Å². The molecular weight excluding hydrogens is 462 g/mol. The highest BCUT2D eigenvalue weighted by molar-refractivity contribution is 5.85. The lowest BCUT2D eigenvalue weighted by Crippen LogP contribution is -2.49. The second-order valence-electron chi connectivity index (χ2n) is 8.62. The van der Waals surface area contributed by atoms with Gasteiger partial charge in [-0.3, -0.25) is 9.59 Å². The highest BCUT2D eigenvalue weighted by Crippen LogP contribution is 2.44. The first-order valence-electron chi connectivity index (χ1n) is 11.3. The quantitative estimate of drug-likeness (QED) is 0.500. The Bertz CT molecular complexity index is 1050. The van der Waals surface area contributed by atoms with Gasteiger partial charge in [0.2, 0.25) is 12.3 Å². The van der Waals surface area contributed by atoms with Gasteiger partial charge >= 0.3 is 12.1 Å². The lowest BCUT2D eigenvalue weighted by Gasteiger charge is -2.20. The van der Waals surface area contributed by atoms with Crippen molar-refractivity contribution in [3.05, 3.63) is 59.7 Å². The molecule has 186 valence electrons. The topological polar surface area (TPSA) is 114 Å². The zero-order valence-corrected chi connectivity index (χ0v) is 18.8. The molecule has 1 unspecified atom stereocenters. The average Bonchev–Trinajstić information content (AvgIpc) is 3.44. The van der Waals surface area contributed by atoms with Gasteiger partial charge in [0.25, 0.3) is 0 Å². The number of hydrogen-bond donors (Lipinski definition) is 3. The van der Waals surface area contributed by atoms with Crippen LogP contribution in [0.5, 0.6) is 0 Å². The van der Waals surface area contributed by atoms with Crippen LogP contribution >= 0.6 is 0 Å². The first-order chi connectivity index (χ1) is 16.8. The summed E-state index contributed by atoms with van der Waals surface area (Å²) >= 11 is 0. The van der Waals surface area contributed by atoms with E-state index in [0.29, 0.717) is 0 Å². The standard InChI is InChI=1S/C25H26F2N2O6/c26-22(27)10-21(23(30)28-11-15-9-14(12-34-15)24(31)32)29-25(33)35-13-20-18-7-3-1-5-16(18)17-6-2-4-8-19(17)20/h1-8,14-15,20-22H,9-13H2,(H,28,30)(H,29,33)(H,31,32)/t14-,15-,21?/m0/s1. The van der Waals surface area contributed by atoms with Crippen molar-refractivity contribution in [1.82, 2.24) is 10.6 Å². The number of rotatable bonds is 9. The summed E-state index contributed by atoms with van der Waals surface area (Å²) in [5.74, 6) is -2.70. The molecule has 0 aromatic heterocycles. The van der Waals surface area contributed by atoms with Gasteiger partial charge in [-0.2, -0.15) is 0 Å². The van der Waals surface area contributed by atoms with Crippen LogP contribution in [0, 0.1) is 5.92 Å². The molecule has 1 aliphatic carbocycles. The van der Waals surface area contributed by atoms with E-state index in [9.17, 15) is 23.2 Å². The summed E-state index contributed by atoms with van der Waals surface area (Å²) in [5.41, 5.74) is 4.09. The lowest BCUT2D eigenvalue weighted by atomic mass is 9.98. The van der Waals surface area contributed by atoms with Gasteiger partial charge in [-0.15, -0.1) is 0 Å². The van der Waals surface area contributed by atoms with E-state index < -0.39 is 48.9 Å². The number of carboxylic acid groups (broad SMARTS) is 1. The molecule has 35 heavy (non-hydrogen) atoms. The monoisotopic (exact) mass is 488 g/mol. The second kappa shape index (κ2) is 10.8. The van der Waals surface area contributed by atoms with E-state index >= 15 is 0 Å². The third-order valence-electron chi connectivity index (χ3n) is 6.30. The van der Waals surface area contributed by atoms with Gasteiger partial charge in [0.05, 0.1) is 18.6 Å². The molecule has 1 heterocycles. The number of hydrogen-bond acceptors (Lipinski definition) is 5. The third-order valence-corrected chi connectivity index (χ3v) is 6.30. The molecule has 0 saturated carbocycles. The Hall–Kier alpha value is -3.53. The zero-order chi connectivity index (χ0) is 24.9. The normalized spacial score (nSPS) is 19.6. The van der Waals surface area contributed by atoms with Crippen molar-refractivity contribution in [2.75, 3.05) is 19.8 Å². The first-order valence-corrected chi connectivity index (χ1v) is 11.3. The molecule has 2 aromatic carbocycles. The number of carboxylic acids is 1. The minimum atomic E-state index is -2.83. The lowest BCUT2D eigenvalue weighted by molar-refractivity contribution is -0.141. The molecule has 0 bridgehead atoms. The Kier molecular flexibility index (Phi) is 7.60. The number of amides is 2. The fourth-order valence-corrected chi connectivity index (χ4v) is 4.55. The number of benzene rings is 2. The Morgan fingerprint density at radius 2 is 1.69 bits per heavy atom. The van der Waals surface area contributed by atoms with Crippen LogP contribution in [0.15, 0.2) is 48.5 Å². The molecule has 1 aliphatic heterocycles. The molecule has 4 rings (SSSR count). The summed E-state index contributed by atoms with van der Waals surface area (Å²) in [6.45, 7) is -0.0432. The molecule has 0 radical (unpaired) electrons. The minimum absolute atomic E-state index is 0.0185. The molecule has 10 heteroatoms. The van der Waals surface area contributed by atoms with Crippen molar-refractivity contribution in [3.63, 3.8) is 0 Å². The molecule has 0 spiro atoms. The van der Waals surface area contributed by atoms with Gasteiger partial charge in [0.1, 0.15) is 12.6 Å². The Balaban J connectivity index is 1.33. The molecular formula is C25H26F2N2O6. The summed E-state index contributed by atoms with van der Waals surface area (Å²) in [5, 5.41) is 13.7. The Morgan fingerprint density at radius 3 is 2.26 bits per heavy atom. The number of halogens is 2. The Labute approximate surface area is 200 Å². The van der Waals surface area contributed by atoms with E-state index in [-0.39, 0.29) is 32.1 Å². The minimum Gasteiger partial charge on any atom is -0.481 e. The van der Waals surface area contributed by atoms with Crippen LogP contribution in [-0.2, 0) is 19.1 Å². The second-order valence-corrected chi connectivity index (χ2v) is 8.62. The van der Waals surface area contributed by atoms with Gasteiger partial charge in [-0.1, -0.05) is 48.5 Å². The largest absolute Gasteiger partial charge is 0.481 e. The van der Waals surface area contributed by atoms with Gasteiger partial charge in [0, 0.05) is 18.9 Å². The van der Waals surface area contributed by atoms with Gasteiger partial charge < -0.3 is 25.2 Å². The van der Waals surface area contributed by atoms with Crippen LogP contribution in [0.25, 0.3) is 11.1 Å². The van der Waals surface area contributed by atoms with E-state index in [1.807, 2.05) is 48.5 Å². The molecule has 8 nitrogen and oxygen atoms in total. The van der Waals surface area contributed by atoms with Gasteiger partial charge in [-0.05, 0) is 28.7 Å². The number of fused-ring (bicyclic) bond motifs is 3. The number of carbonyl (C=O) groups is 3. The SMILES string of the molecule is O=C(NC(CC(F)F)C(=O)NC[C@@H]1C[C@H](C(=O)O)CO1)OCC1c2ccccc2-c2ccccc21. The molecule has 2 aliphatic rings. The summed E-state index contributed by atoms with van der Waals surface area (Å²) in [7, 11) is 0. The summed E-state index contributed by atoms with van der Waals surface area (Å²) in [6.07, 6.45) is -5.04. The number of alkyl halides is 2. The Morgan fingerprint density at radius 1 is 1.06 bits per heavy atom. The fraction of sp³-hybridized carbons (Fsp3) is 0.400. The van der Waals surface area contributed by atoms with Gasteiger partial charge in [0.15, 0.2) is 0 Å². The van der Waals surface area contributed by atoms with Crippen molar-refractivity contribution in [2.45, 2.75) is 37.3 Å². The first kappa shape index (κ1) is 24.6. The van der Waals surface area contributed by atoms with E-state index in [0.717, 1.165) is 22.3 Å². The van der Waals surface area contributed by atoms with Crippen molar-refractivity contribution >= 4 is 18.0 Å². The molecule has 3 atom stereocenters. The highest BCUT2D eigenvalue weighted by atomic mass is 19.3.